The van der Waals surface area contributed by atoms with Gasteiger partial charge < -0.3 is 29.0 Å². The molecule has 0 bridgehead atoms. The number of fused-ring (bicyclic) bond motifs is 6. The molecule has 0 fully saturated rings. The van der Waals surface area contributed by atoms with Crippen molar-refractivity contribution in [3.05, 3.63) is 224 Å². The number of nitrogens with two attached hydrogens (primary N) is 1. The minimum atomic E-state index is 0. The smallest absolute Gasteiger partial charge is 0.193 e. The SMILES string of the molecule is CCOCCn1c2ccc(C(=O)CCCSc3ccc(Cl)cc3)cc2c2cc(C(=O)c3ccccc3C)ccc21.CCOCCn1c2ccc(C(=O)c3ccccc3C)cc2c2cc(/C(CCCSc3ccc(Cl)cc3)=N/O)ccc21.Cl.NO. The van der Waals surface area contributed by atoms with Crippen molar-refractivity contribution < 1.29 is 34.3 Å². The fraction of sp³-hybridized carbons (Fsp3) is 0.235. The second-order valence-electron chi connectivity index (χ2n) is 19.7. The third-order valence-corrected chi connectivity index (χ3v) is 17.1. The maximum Gasteiger partial charge on any atom is 0.193 e. The van der Waals surface area contributed by atoms with E-state index in [1.165, 1.54) is 0 Å². The number of thioether (sulfide) groups is 2. The van der Waals surface area contributed by atoms with Crippen LogP contribution < -0.4 is 5.90 Å². The number of oxime groups is 1. The number of aromatic nitrogens is 2. The molecule has 0 unspecified atom stereocenters. The van der Waals surface area contributed by atoms with Crippen LogP contribution in [0.4, 0.5) is 0 Å². The number of carbonyl (C=O) groups is 3. The lowest BCUT2D eigenvalue weighted by Gasteiger charge is -2.09. The Morgan fingerprint density at radius 3 is 1.29 bits per heavy atom. The zero-order valence-electron chi connectivity index (χ0n) is 47.5. The van der Waals surface area contributed by atoms with Crippen molar-refractivity contribution in [2.24, 2.45) is 11.1 Å². The minimum Gasteiger partial charge on any atom is -0.411 e. The first-order chi connectivity index (χ1) is 40.5. The molecule has 436 valence electrons. The van der Waals surface area contributed by atoms with Crippen LogP contribution in [0.25, 0.3) is 43.6 Å². The molecule has 0 aliphatic carbocycles. The highest BCUT2D eigenvalue weighted by Gasteiger charge is 2.20. The average molecular weight is 1220 g/mol. The van der Waals surface area contributed by atoms with Crippen LogP contribution in [0.3, 0.4) is 0 Å². The number of ketones is 3. The van der Waals surface area contributed by atoms with Crippen molar-refractivity contribution in [2.45, 2.75) is 76.3 Å². The van der Waals surface area contributed by atoms with Crippen LogP contribution in [-0.4, -0.2) is 80.5 Å². The first kappa shape index (κ1) is 64.8. The Labute approximate surface area is 515 Å². The molecule has 0 saturated heterocycles. The largest absolute Gasteiger partial charge is 0.411 e. The number of Topliss-reactive ketones (excluding diaryl/α,β-unsaturated/α-hetero) is 1. The Kier molecular flexibility index (Phi) is 24.6. The Morgan fingerprint density at radius 2 is 0.881 bits per heavy atom. The third-order valence-electron chi connectivity index (χ3n) is 14.4. The van der Waals surface area contributed by atoms with Crippen molar-refractivity contribution in [3.8, 4) is 0 Å². The molecule has 0 aliphatic heterocycles. The summed E-state index contributed by atoms with van der Waals surface area (Å²) in [5, 5.41) is 25.5. The summed E-state index contributed by atoms with van der Waals surface area (Å²) in [4.78, 5) is 42.4. The van der Waals surface area contributed by atoms with Crippen molar-refractivity contribution in [1.82, 2.24) is 9.13 Å². The molecule has 11 nitrogen and oxygen atoms in total. The lowest BCUT2D eigenvalue weighted by Crippen LogP contribution is -2.06. The van der Waals surface area contributed by atoms with E-state index in [-0.39, 0.29) is 29.8 Å². The molecule has 0 spiro atoms. The molecule has 0 saturated carbocycles. The Hall–Kier alpha value is -6.75. The number of hydrogen-bond acceptors (Lipinski definition) is 11. The summed E-state index contributed by atoms with van der Waals surface area (Å²) in [7, 11) is 0. The van der Waals surface area contributed by atoms with Crippen LogP contribution in [0.5, 0.6) is 0 Å². The van der Waals surface area contributed by atoms with Crippen molar-refractivity contribution in [3.63, 3.8) is 0 Å². The molecule has 0 radical (unpaired) electrons. The van der Waals surface area contributed by atoms with Crippen molar-refractivity contribution in [1.29, 1.82) is 0 Å². The van der Waals surface area contributed by atoms with Gasteiger partial charge in [0, 0.05) is 130 Å². The summed E-state index contributed by atoms with van der Waals surface area (Å²) in [6, 6.07) is 54.9. The van der Waals surface area contributed by atoms with Crippen molar-refractivity contribution in [2.75, 3.05) is 37.9 Å². The van der Waals surface area contributed by atoms with Gasteiger partial charge in [-0.15, -0.1) is 35.9 Å². The highest BCUT2D eigenvalue weighted by atomic mass is 35.5. The van der Waals surface area contributed by atoms with E-state index in [0.717, 1.165) is 104 Å². The zero-order valence-corrected chi connectivity index (χ0v) is 51.4. The van der Waals surface area contributed by atoms with E-state index in [0.29, 0.717) is 85.9 Å². The van der Waals surface area contributed by atoms with Crippen LogP contribution in [-0.2, 0) is 22.6 Å². The predicted molar refractivity (Wildman–Crippen MR) is 350 cm³/mol. The van der Waals surface area contributed by atoms with Gasteiger partial charge in [-0.05, 0) is 185 Å². The second kappa shape index (κ2) is 31.9. The number of rotatable bonds is 24. The van der Waals surface area contributed by atoms with Gasteiger partial charge in [0.2, 0.25) is 0 Å². The summed E-state index contributed by atoms with van der Waals surface area (Å²) in [5.74, 6) is 5.38. The van der Waals surface area contributed by atoms with Gasteiger partial charge in [0.15, 0.2) is 17.3 Å². The van der Waals surface area contributed by atoms with Gasteiger partial charge in [0.1, 0.15) is 0 Å². The maximum atomic E-state index is 13.5. The number of ether oxygens (including phenoxy) is 2. The Morgan fingerprint density at radius 1 is 0.512 bits per heavy atom. The molecular weight excluding hydrogens is 1160 g/mol. The highest BCUT2D eigenvalue weighted by Crippen LogP contribution is 2.35. The van der Waals surface area contributed by atoms with Gasteiger partial charge >= 0.3 is 0 Å². The molecule has 10 rings (SSSR count). The molecule has 16 heteroatoms. The minimum absolute atomic E-state index is 0. The van der Waals surface area contributed by atoms with Gasteiger partial charge in [-0.25, -0.2) is 5.90 Å². The first-order valence-corrected chi connectivity index (χ1v) is 30.4. The second-order valence-corrected chi connectivity index (χ2v) is 22.9. The molecular formula is C68H69Cl3N4O7S2. The number of nitrogens with zero attached hydrogens (tertiary/aromatic N) is 3. The predicted octanol–water partition coefficient (Wildman–Crippen LogP) is 17.3. The topological polar surface area (TPSA) is 158 Å². The van der Waals surface area contributed by atoms with Crippen LogP contribution in [0.2, 0.25) is 10.0 Å². The summed E-state index contributed by atoms with van der Waals surface area (Å²) in [6.07, 6.45) is 2.76. The van der Waals surface area contributed by atoms with Crippen LogP contribution in [0.15, 0.2) is 185 Å². The monoisotopic (exact) mass is 1220 g/mol. The Balaban J connectivity index is 0.000000232. The van der Waals surface area contributed by atoms with E-state index in [1.54, 1.807) is 23.5 Å². The van der Waals surface area contributed by atoms with E-state index in [1.807, 2.05) is 185 Å². The Bertz CT molecular complexity index is 3900. The van der Waals surface area contributed by atoms with Gasteiger partial charge in [-0.2, -0.15) is 0 Å². The summed E-state index contributed by atoms with van der Waals surface area (Å²) < 4.78 is 15.8. The first-order valence-electron chi connectivity index (χ1n) is 27.7. The van der Waals surface area contributed by atoms with Gasteiger partial charge in [0.25, 0.3) is 0 Å². The lowest BCUT2D eigenvalue weighted by molar-refractivity contribution is 0.0980. The van der Waals surface area contributed by atoms with Gasteiger partial charge in [-0.3, -0.25) is 14.4 Å². The molecule has 0 amide bonds. The lowest BCUT2D eigenvalue weighted by atomic mass is 9.97. The van der Waals surface area contributed by atoms with Crippen LogP contribution in [0, 0.1) is 13.8 Å². The summed E-state index contributed by atoms with van der Waals surface area (Å²) in [5.41, 5.74) is 11.0. The summed E-state index contributed by atoms with van der Waals surface area (Å²) >= 11 is 15.5. The molecule has 8 aromatic carbocycles. The molecule has 84 heavy (non-hydrogen) atoms. The number of carbonyl (C=O) groups excluding carboxylic acids is 3. The number of halogens is 3. The molecule has 2 heterocycles. The fourth-order valence-electron chi connectivity index (χ4n) is 10.2. The number of hydrogen-bond donors (Lipinski definition) is 3. The van der Waals surface area contributed by atoms with E-state index in [4.69, 9.17) is 37.9 Å². The van der Waals surface area contributed by atoms with Crippen LogP contribution >= 0.6 is 59.1 Å². The van der Waals surface area contributed by atoms with E-state index in [9.17, 15) is 19.6 Å². The molecule has 0 atom stereocenters. The number of benzene rings is 8. The molecule has 10 aromatic rings. The quantitative estimate of drug-likeness (QED) is 0.0133. The molecule has 4 N–H and O–H groups in total. The fourth-order valence-corrected chi connectivity index (χ4v) is 12.2. The summed E-state index contributed by atoms with van der Waals surface area (Å²) in [6.45, 7) is 11.8. The van der Waals surface area contributed by atoms with Gasteiger partial charge in [-0.1, -0.05) is 83.0 Å². The molecule has 2 aromatic heterocycles. The van der Waals surface area contributed by atoms with Gasteiger partial charge in [0.05, 0.1) is 18.9 Å². The third kappa shape index (κ3) is 16.0. The van der Waals surface area contributed by atoms with Crippen LogP contribution in [0.1, 0.15) is 98.4 Å². The highest BCUT2D eigenvalue weighted by molar-refractivity contribution is 7.99. The maximum absolute atomic E-state index is 13.5. The zero-order chi connectivity index (χ0) is 58.8. The van der Waals surface area contributed by atoms with E-state index < -0.39 is 0 Å². The standard InChI is InChI=1S/C34H33ClN2O3S.C34H32ClNO3S.ClH.H3NO/c1-3-40-19-18-37-32-16-10-24(31(36-39)9-6-20-41-27-14-12-26(35)13-15-27)21-29(32)30-22-25(11-17-33(30)37)34(38)28-8-5-4-7-23(28)2;1-3-39-19-18-36-31-16-10-24(33(37)9-6-20-40-27-14-12-26(35)13-15-27)21-29(31)30-22-25(11-17-32(30)36)34(38)28-8-5-4-7-23(28)2;;1-2/h4-5,7-8,10-17,21-22,39H,3,6,9,18-20H2,1-2H3;4-5,7-8,10-17,21-22H,3,6,9,18-20H2,1-2H3;1H;2H,1H2/b36-31+;;;. The van der Waals surface area contributed by atoms with E-state index in [2.05, 4.69) is 32.3 Å². The number of aryl methyl sites for hydroxylation is 2. The van der Waals surface area contributed by atoms with Crippen molar-refractivity contribution >= 4 is 126 Å². The van der Waals surface area contributed by atoms with E-state index >= 15 is 0 Å². The average Bonchev–Trinajstić information content (AvgIpc) is 2.87. The molecule has 0 aliphatic rings. The normalized spacial score (nSPS) is 11.3.